The number of nitrogens with zero attached hydrogens (tertiary/aromatic N) is 2. The lowest BCUT2D eigenvalue weighted by Gasteiger charge is -2.16. The predicted octanol–water partition coefficient (Wildman–Crippen LogP) is 3.57. The van der Waals surface area contributed by atoms with Crippen molar-refractivity contribution in [1.29, 1.82) is 0 Å². The van der Waals surface area contributed by atoms with Crippen LogP contribution in [-0.2, 0) is 17.8 Å². The van der Waals surface area contributed by atoms with Crippen LogP contribution in [0.2, 0.25) is 0 Å². The zero-order valence-corrected chi connectivity index (χ0v) is 19.8. The van der Waals surface area contributed by atoms with Crippen LogP contribution in [0.15, 0.2) is 46.1 Å². The molecular formula is C25H27N3O7. The van der Waals surface area contributed by atoms with Crippen molar-refractivity contribution in [2.75, 3.05) is 34.7 Å². The van der Waals surface area contributed by atoms with Gasteiger partial charge in [-0.2, -0.15) is 0 Å². The monoisotopic (exact) mass is 481 g/mol. The van der Waals surface area contributed by atoms with Gasteiger partial charge in [0.1, 0.15) is 17.5 Å². The summed E-state index contributed by atoms with van der Waals surface area (Å²) < 4.78 is 32.8. The van der Waals surface area contributed by atoms with Gasteiger partial charge in [0.25, 0.3) is 0 Å². The van der Waals surface area contributed by atoms with Gasteiger partial charge in [-0.15, -0.1) is 0 Å². The van der Waals surface area contributed by atoms with Crippen LogP contribution in [0.25, 0.3) is 11.3 Å². The molecule has 0 saturated carbocycles. The largest absolute Gasteiger partial charge is 0.497 e. The number of oxime groups is 1. The molecule has 1 aromatic heterocycles. The number of rotatable bonds is 10. The number of fused-ring (bicyclic) bond motifs is 1. The summed E-state index contributed by atoms with van der Waals surface area (Å²) in [6.07, 6.45) is 1.18. The third-order valence-electron chi connectivity index (χ3n) is 5.87. The number of hydrogen-bond acceptors (Lipinski definition) is 10. The van der Waals surface area contributed by atoms with Gasteiger partial charge in [-0.3, -0.25) is 0 Å². The maximum absolute atomic E-state index is 5.68. The maximum Gasteiger partial charge on any atom is 0.231 e. The molecule has 0 unspecified atom stereocenters. The summed E-state index contributed by atoms with van der Waals surface area (Å²) in [7, 11) is 4.83. The normalized spacial score (nSPS) is 16.1. The average Bonchev–Trinajstić information content (AvgIpc) is 3.65. The van der Waals surface area contributed by atoms with E-state index in [2.05, 4.69) is 15.6 Å². The SMILES string of the molecule is COc1ccc(-c2cc(CNCC3=NO[C@@H](Cc4cc5c(c(OC)c4OC)OCO5)C3)on2)cc1. The fourth-order valence-electron chi connectivity index (χ4n) is 4.18. The standard InChI is InChI=1S/C25H27N3O7/c1-29-18-6-4-15(5-7-18)21-11-20(35-28-21)13-26-12-17-10-19(34-27-17)8-16-9-22-24(33-14-32-22)25(31-3)23(16)30-2/h4-7,9,11,19,26H,8,10,12-14H2,1-3H3/t19-/m0/s1. The van der Waals surface area contributed by atoms with E-state index in [-0.39, 0.29) is 12.9 Å². The summed E-state index contributed by atoms with van der Waals surface area (Å²) in [5, 5.41) is 11.7. The third kappa shape index (κ3) is 4.83. The van der Waals surface area contributed by atoms with E-state index in [0.29, 0.717) is 48.9 Å². The van der Waals surface area contributed by atoms with Gasteiger partial charge >= 0.3 is 0 Å². The van der Waals surface area contributed by atoms with Crippen molar-refractivity contribution in [2.45, 2.75) is 25.5 Å². The molecule has 0 spiro atoms. The first-order valence-corrected chi connectivity index (χ1v) is 11.2. The summed E-state index contributed by atoms with van der Waals surface area (Å²) in [5.41, 5.74) is 3.58. The number of benzene rings is 2. The van der Waals surface area contributed by atoms with Crippen molar-refractivity contribution in [3.05, 3.63) is 47.7 Å². The first-order valence-electron chi connectivity index (χ1n) is 11.2. The van der Waals surface area contributed by atoms with E-state index in [1.807, 2.05) is 36.4 Å². The molecule has 3 heterocycles. The number of aromatic nitrogens is 1. The Kier molecular flexibility index (Phi) is 6.62. The van der Waals surface area contributed by atoms with E-state index in [4.69, 9.17) is 33.0 Å². The van der Waals surface area contributed by atoms with Gasteiger partial charge in [0.15, 0.2) is 17.3 Å². The van der Waals surface area contributed by atoms with E-state index in [0.717, 1.165) is 34.0 Å². The lowest BCUT2D eigenvalue weighted by atomic mass is 10.0. The lowest BCUT2D eigenvalue weighted by molar-refractivity contribution is 0.0853. The zero-order valence-electron chi connectivity index (χ0n) is 19.8. The van der Waals surface area contributed by atoms with Crippen LogP contribution in [0.1, 0.15) is 17.7 Å². The van der Waals surface area contributed by atoms with Gasteiger partial charge < -0.3 is 38.4 Å². The summed E-state index contributed by atoms with van der Waals surface area (Å²) in [6.45, 7) is 1.26. The first-order chi connectivity index (χ1) is 17.2. The average molecular weight is 482 g/mol. The Bertz CT molecular complexity index is 1210. The highest BCUT2D eigenvalue weighted by atomic mass is 16.7. The number of hydrogen-bond donors (Lipinski definition) is 1. The number of ether oxygens (including phenoxy) is 5. The molecule has 0 aliphatic carbocycles. The summed E-state index contributed by atoms with van der Waals surface area (Å²) in [4.78, 5) is 5.68. The van der Waals surface area contributed by atoms with Crippen LogP contribution in [0.4, 0.5) is 0 Å². The molecule has 10 heteroatoms. The molecule has 2 aromatic carbocycles. The van der Waals surface area contributed by atoms with Gasteiger partial charge in [-0.25, -0.2) is 0 Å². The second kappa shape index (κ2) is 10.1. The Morgan fingerprint density at radius 1 is 0.971 bits per heavy atom. The van der Waals surface area contributed by atoms with Crippen LogP contribution in [0, 0.1) is 0 Å². The number of methoxy groups -OCH3 is 3. The minimum atomic E-state index is -0.113. The molecule has 0 radical (unpaired) electrons. The second-order valence-corrected chi connectivity index (χ2v) is 8.14. The third-order valence-corrected chi connectivity index (χ3v) is 5.87. The predicted molar refractivity (Wildman–Crippen MR) is 126 cm³/mol. The minimum Gasteiger partial charge on any atom is -0.497 e. The quantitative estimate of drug-likeness (QED) is 0.465. The molecule has 5 rings (SSSR count). The van der Waals surface area contributed by atoms with Crippen LogP contribution in [-0.4, -0.2) is 51.6 Å². The fourth-order valence-corrected chi connectivity index (χ4v) is 4.18. The van der Waals surface area contributed by atoms with E-state index in [1.54, 1.807) is 21.3 Å². The van der Waals surface area contributed by atoms with E-state index < -0.39 is 0 Å². The van der Waals surface area contributed by atoms with Crippen molar-refractivity contribution in [1.82, 2.24) is 10.5 Å². The van der Waals surface area contributed by atoms with Crippen LogP contribution < -0.4 is 29.0 Å². The Labute approximate surface area is 202 Å². The molecule has 2 aliphatic heterocycles. The lowest BCUT2D eigenvalue weighted by Crippen LogP contribution is -2.23. The molecule has 0 amide bonds. The van der Waals surface area contributed by atoms with Crippen molar-refractivity contribution < 1.29 is 33.0 Å². The Morgan fingerprint density at radius 2 is 1.80 bits per heavy atom. The second-order valence-electron chi connectivity index (χ2n) is 8.14. The van der Waals surface area contributed by atoms with Crippen LogP contribution in [0.3, 0.4) is 0 Å². The van der Waals surface area contributed by atoms with Gasteiger partial charge in [-0.05, 0) is 30.3 Å². The summed E-state index contributed by atoms with van der Waals surface area (Å²) >= 11 is 0. The Balaban J connectivity index is 1.13. The molecule has 1 N–H and O–H groups in total. The van der Waals surface area contributed by atoms with E-state index in [9.17, 15) is 0 Å². The van der Waals surface area contributed by atoms with Gasteiger partial charge in [0.05, 0.1) is 33.6 Å². The van der Waals surface area contributed by atoms with Crippen LogP contribution in [0.5, 0.6) is 28.7 Å². The molecule has 0 saturated heterocycles. The Morgan fingerprint density at radius 3 is 2.57 bits per heavy atom. The van der Waals surface area contributed by atoms with Crippen molar-refractivity contribution in [3.63, 3.8) is 0 Å². The molecule has 10 nitrogen and oxygen atoms in total. The van der Waals surface area contributed by atoms with Crippen molar-refractivity contribution in [2.24, 2.45) is 5.16 Å². The molecule has 3 aromatic rings. The highest BCUT2D eigenvalue weighted by Gasteiger charge is 2.29. The zero-order chi connectivity index (χ0) is 24.2. The topological polar surface area (TPSA) is 106 Å². The van der Waals surface area contributed by atoms with Gasteiger partial charge in [0, 0.05) is 36.6 Å². The summed E-state index contributed by atoms with van der Waals surface area (Å²) in [6, 6.07) is 11.5. The number of nitrogens with one attached hydrogen (secondary N) is 1. The minimum absolute atomic E-state index is 0.113. The van der Waals surface area contributed by atoms with E-state index >= 15 is 0 Å². The van der Waals surface area contributed by atoms with Gasteiger partial charge in [0.2, 0.25) is 18.3 Å². The summed E-state index contributed by atoms with van der Waals surface area (Å²) in [5.74, 6) is 3.88. The molecular weight excluding hydrogens is 454 g/mol. The van der Waals surface area contributed by atoms with Gasteiger partial charge in [-0.1, -0.05) is 10.3 Å². The van der Waals surface area contributed by atoms with Crippen LogP contribution >= 0.6 is 0 Å². The van der Waals surface area contributed by atoms with E-state index in [1.165, 1.54) is 0 Å². The highest BCUT2D eigenvalue weighted by Crippen LogP contribution is 2.49. The van der Waals surface area contributed by atoms with Crippen molar-refractivity contribution in [3.8, 4) is 40.0 Å². The molecule has 1 atom stereocenters. The molecule has 35 heavy (non-hydrogen) atoms. The fraction of sp³-hybridized carbons (Fsp3) is 0.360. The smallest absolute Gasteiger partial charge is 0.231 e. The molecule has 0 bridgehead atoms. The maximum atomic E-state index is 5.68. The van der Waals surface area contributed by atoms with Crippen molar-refractivity contribution >= 4 is 5.71 Å². The Hall–Kier alpha value is -3.92. The molecule has 0 fully saturated rings. The highest BCUT2D eigenvalue weighted by molar-refractivity contribution is 5.87. The molecule has 184 valence electrons. The molecule has 2 aliphatic rings. The first kappa shape index (κ1) is 22.9.